The summed E-state index contributed by atoms with van der Waals surface area (Å²) in [6, 6.07) is 0. The summed E-state index contributed by atoms with van der Waals surface area (Å²) in [5, 5.41) is 2.98. The summed E-state index contributed by atoms with van der Waals surface area (Å²) in [4.78, 5) is 0. The van der Waals surface area contributed by atoms with Gasteiger partial charge < -0.3 is 11.1 Å². The van der Waals surface area contributed by atoms with Gasteiger partial charge in [-0.25, -0.2) is 0 Å². The minimum absolute atomic E-state index is 0. The molecule has 0 amide bonds. The van der Waals surface area contributed by atoms with Gasteiger partial charge in [0.25, 0.3) is 0 Å². The molecule has 0 saturated heterocycles. The van der Waals surface area contributed by atoms with E-state index in [1.807, 2.05) is 13.8 Å². The van der Waals surface area contributed by atoms with Crippen LogP contribution in [-0.2, 0) is 0 Å². The number of rotatable bonds is 3. The molecule has 0 aromatic heterocycles. The predicted octanol–water partition coefficient (Wildman–Crippen LogP) is 1.89. The lowest BCUT2D eigenvalue weighted by Gasteiger charge is -1.70. The van der Waals surface area contributed by atoms with Crippen molar-refractivity contribution in [1.29, 1.82) is 5.40 Å². The number of nitrogens with one attached hydrogen (secondary N) is 1. The number of hydrogen-bond acceptors (Lipinski definition) is 2. The molecule has 0 radical (unpaired) electrons. The van der Waals surface area contributed by atoms with Gasteiger partial charge in [-0.15, -0.1) is 0 Å². The van der Waals surface area contributed by atoms with E-state index in [1.165, 1.54) is 0 Å². The summed E-state index contributed by atoms with van der Waals surface area (Å²) in [6.45, 7) is 4.78. The molecule has 0 bridgehead atoms. The van der Waals surface area contributed by atoms with Crippen molar-refractivity contribution in [2.24, 2.45) is 5.73 Å². The first-order valence-electron chi connectivity index (χ1n) is 3.88. The highest BCUT2D eigenvalue weighted by atomic mass is 14.5. The molecule has 8 heavy (non-hydrogen) atoms. The van der Waals surface area contributed by atoms with Crippen molar-refractivity contribution in [3.8, 4) is 0 Å². The van der Waals surface area contributed by atoms with E-state index in [9.17, 15) is 0 Å². The summed E-state index contributed by atoms with van der Waals surface area (Å²) >= 11 is 0. The Kier molecular flexibility index (Phi) is 11.5. The maximum atomic E-state index is 6.35. The lowest BCUT2D eigenvalue weighted by Crippen LogP contribution is -1.93. The monoisotopic (exact) mass is 124 g/mol. The van der Waals surface area contributed by atoms with Crippen LogP contribution in [0.5, 0.6) is 0 Å². The lowest BCUT2D eigenvalue weighted by molar-refractivity contribution is 0.932. The van der Waals surface area contributed by atoms with Crippen molar-refractivity contribution < 1.29 is 5.68 Å². The molecule has 0 rings (SSSR count). The number of nitrogens with two attached hydrogens (primary N) is 1. The SMILES string of the molecule is [3H]N=CCC.[3H]NCCC.[HH].[HH]. The first-order chi connectivity index (χ1) is 4.83. The maximum absolute atomic E-state index is 6.35. The van der Waals surface area contributed by atoms with Crippen molar-refractivity contribution in [3.05, 3.63) is 0 Å². The molecule has 0 unspecified atom stereocenters. The molecule has 0 heterocycles. The zero-order chi connectivity index (χ0) is 8.24. The molecule has 0 aliphatic rings. The van der Waals surface area contributed by atoms with E-state index in [-0.39, 0.29) is 2.85 Å². The topological polar surface area (TPSA) is 49.9 Å². The third-order valence-electron chi connectivity index (χ3n) is 0.433. The highest BCUT2D eigenvalue weighted by Gasteiger charge is 1.55. The second-order valence-electron chi connectivity index (χ2n) is 1.34. The molecular weight excluding hydrogens is 100 g/mol. The van der Waals surface area contributed by atoms with Crippen LogP contribution in [0.2, 0.25) is 2.82 Å². The van der Waals surface area contributed by atoms with Gasteiger partial charge in [0.2, 0.25) is 0 Å². The van der Waals surface area contributed by atoms with Crippen molar-refractivity contribution >= 4 is 6.21 Å². The van der Waals surface area contributed by atoms with Gasteiger partial charge in [0, 0.05) is 2.85 Å². The Morgan fingerprint density at radius 1 is 2.00 bits per heavy atom. The van der Waals surface area contributed by atoms with E-state index in [0.717, 1.165) is 19.4 Å². The normalized spacial score (nSPS) is 11.8. The van der Waals surface area contributed by atoms with E-state index >= 15 is 0 Å². The molecule has 0 atom stereocenters. The zero-order valence-electron chi connectivity index (χ0n) is 7.65. The van der Waals surface area contributed by atoms with Gasteiger partial charge in [-0.2, -0.15) is 0 Å². The summed E-state index contributed by atoms with van der Waals surface area (Å²) in [5.41, 5.74) is 2.27. The summed E-state index contributed by atoms with van der Waals surface area (Å²) in [6.07, 6.45) is 3.45. The summed E-state index contributed by atoms with van der Waals surface area (Å²) in [7, 11) is 0. The smallest absolute Gasteiger partial charge is 0.186 e. The van der Waals surface area contributed by atoms with Gasteiger partial charge in [0.1, 0.15) is 1.41 Å². The highest BCUT2D eigenvalue weighted by molar-refractivity contribution is 5.51. The van der Waals surface area contributed by atoms with Crippen LogP contribution in [0.3, 0.4) is 0 Å². The first kappa shape index (κ1) is 5.76. The van der Waals surface area contributed by atoms with Crippen LogP contribution in [-0.4, -0.2) is 12.8 Å². The molecule has 0 aromatic rings. The van der Waals surface area contributed by atoms with Crippen LogP contribution in [0.1, 0.15) is 29.5 Å². The van der Waals surface area contributed by atoms with E-state index in [0.29, 0.717) is 0 Å². The molecule has 54 valence electrons. The Bertz CT molecular complexity index is 68.6. The van der Waals surface area contributed by atoms with E-state index in [2.05, 4.69) is 11.1 Å². The molecule has 0 aliphatic heterocycles. The Balaban J connectivity index is -0.0000000457. The standard InChI is InChI=1S/C3H9N.C3H7N.2H2/c2*1-2-3-4;;/h2-4H2,1H3;3-4H,2H2,1H3;2*1H/i/hT2. The van der Waals surface area contributed by atoms with Crippen LogP contribution in [0.25, 0.3) is 0 Å². The first-order valence-corrected chi connectivity index (χ1v) is 2.93. The molecule has 0 saturated carbocycles. The Labute approximate surface area is 57.5 Å². The van der Waals surface area contributed by atoms with Crippen molar-refractivity contribution in [1.82, 2.24) is 0 Å². The average Bonchev–Trinajstić information content (AvgIpc) is 1.93. The molecule has 0 fully saturated rings. The maximum Gasteiger partial charge on any atom is 0.186 e. The van der Waals surface area contributed by atoms with Gasteiger partial charge in [-0.05, 0) is 25.6 Å². The van der Waals surface area contributed by atoms with Crippen LogP contribution in [0, 0.1) is 5.40 Å². The van der Waals surface area contributed by atoms with E-state index < -0.39 is 0 Å². The third kappa shape index (κ3) is 45.4. The minimum atomic E-state index is 0. The lowest BCUT2D eigenvalue weighted by atomic mass is 10.5. The molecule has 0 aromatic carbocycles. The van der Waals surface area contributed by atoms with Gasteiger partial charge in [-0.3, -0.25) is 0 Å². The van der Waals surface area contributed by atoms with Gasteiger partial charge in [0.05, 0.1) is 0 Å². The Morgan fingerprint density at radius 2 is 2.75 bits per heavy atom. The molecule has 2 heteroatoms. The molecular formula is C6H20N2. The van der Waals surface area contributed by atoms with Gasteiger partial charge in [0.15, 0.2) is 1.41 Å². The highest BCUT2D eigenvalue weighted by Crippen LogP contribution is 1.57. The fraction of sp³-hybridized carbons (Fsp3) is 0.833. The Morgan fingerprint density at radius 3 is 2.75 bits per heavy atom. The van der Waals surface area contributed by atoms with Crippen molar-refractivity contribution in [3.63, 3.8) is 0 Å². The average molecular weight is 124 g/mol. The van der Waals surface area contributed by atoms with Crippen LogP contribution >= 0.6 is 0 Å². The van der Waals surface area contributed by atoms with Gasteiger partial charge in [-0.1, -0.05) is 13.8 Å². The number of hydrogen-bond donors (Lipinski definition) is 2. The van der Waals surface area contributed by atoms with Crippen molar-refractivity contribution in [2.45, 2.75) is 26.7 Å². The Hall–Kier alpha value is -0.370. The fourth-order valence-electron chi connectivity index (χ4n) is 0. The third-order valence-corrected chi connectivity index (χ3v) is 0.433. The predicted molar refractivity (Wildman–Crippen MR) is 42.6 cm³/mol. The fourth-order valence-corrected chi connectivity index (χ4v) is 0. The van der Waals surface area contributed by atoms with E-state index in [1.54, 1.807) is 6.21 Å². The van der Waals surface area contributed by atoms with Crippen molar-refractivity contribution in [2.75, 3.05) is 6.54 Å². The van der Waals surface area contributed by atoms with Crippen LogP contribution < -0.4 is 5.73 Å². The quantitative estimate of drug-likeness (QED) is 0.555. The summed E-state index contributed by atoms with van der Waals surface area (Å²) in [5.74, 6) is 0. The van der Waals surface area contributed by atoms with Crippen LogP contribution in [0.4, 0.5) is 0 Å². The van der Waals surface area contributed by atoms with Crippen LogP contribution in [0.15, 0.2) is 0 Å². The second kappa shape index (κ2) is 15.9. The minimum Gasteiger partial charge on any atom is -0.330 e. The summed E-state index contributed by atoms with van der Waals surface area (Å²) < 4.78 is 12.5. The van der Waals surface area contributed by atoms with Gasteiger partial charge >= 0.3 is 0 Å². The molecule has 0 aliphatic carbocycles. The molecule has 0 spiro atoms. The zero-order valence-corrected chi connectivity index (χ0v) is 5.65. The molecule has 2 nitrogen and oxygen atoms in total. The van der Waals surface area contributed by atoms with E-state index in [4.69, 9.17) is 2.82 Å². The largest absolute Gasteiger partial charge is 0.330 e. The second-order valence-corrected chi connectivity index (χ2v) is 1.34. The molecule has 3 N–H and O–H groups in total.